The Morgan fingerprint density at radius 1 is 0.886 bits per heavy atom. The van der Waals surface area contributed by atoms with Gasteiger partial charge in [0, 0.05) is 6.42 Å². The molecule has 2 unspecified atom stereocenters. The van der Waals surface area contributed by atoms with Crippen LogP contribution in [-0.4, -0.2) is 74.1 Å². The molecule has 0 amide bonds. The summed E-state index contributed by atoms with van der Waals surface area (Å²) in [6.45, 7) is 2.07. The Hall–Kier alpha value is -1.02. The Morgan fingerprint density at radius 3 is 2.11 bits per heavy atom. The van der Waals surface area contributed by atoms with Gasteiger partial charge >= 0.3 is 13.8 Å². The summed E-state index contributed by atoms with van der Waals surface area (Å²) in [5.41, 5.74) is 0. The fourth-order valence-electron chi connectivity index (χ4n) is 3.04. The van der Waals surface area contributed by atoms with Gasteiger partial charge in [0.2, 0.25) is 0 Å². The molecule has 0 radical (unpaired) electrons. The van der Waals surface area contributed by atoms with Crippen molar-refractivity contribution in [1.82, 2.24) is 0 Å². The van der Waals surface area contributed by atoms with E-state index in [-0.39, 0.29) is 19.2 Å². The van der Waals surface area contributed by atoms with Crippen LogP contribution >= 0.6 is 7.82 Å². The largest absolute Gasteiger partial charge is 0.472 e. The number of esters is 1. The van der Waals surface area contributed by atoms with Crippen molar-refractivity contribution in [2.75, 3.05) is 47.5 Å². The van der Waals surface area contributed by atoms with Gasteiger partial charge in [-0.3, -0.25) is 13.8 Å². The molecule has 0 aromatic carbocycles. The van der Waals surface area contributed by atoms with Crippen LogP contribution in [0.1, 0.15) is 84.0 Å². The molecule has 0 aromatic heterocycles. The average molecular weight is 521 g/mol. The van der Waals surface area contributed by atoms with Gasteiger partial charge in [0.15, 0.2) is 0 Å². The van der Waals surface area contributed by atoms with Crippen molar-refractivity contribution in [2.45, 2.75) is 90.1 Å². The molecule has 0 fully saturated rings. The third kappa shape index (κ3) is 25.9. The summed E-state index contributed by atoms with van der Waals surface area (Å²) in [5.74, 6) is -0.388. The van der Waals surface area contributed by atoms with Crippen LogP contribution in [0.2, 0.25) is 0 Å². The molecule has 0 saturated carbocycles. The third-order valence-corrected chi connectivity index (χ3v) is 6.20. The van der Waals surface area contributed by atoms with Crippen molar-refractivity contribution in [2.24, 2.45) is 0 Å². The number of unbranched alkanes of at least 4 members (excludes halogenated alkanes) is 8. The Kier molecular flexibility index (Phi) is 20.5. The number of allylic oxidation sites excluding steroid dienone is 4. The molecule has 0 aromatic rings. The van der Waals surface area contributed by atoms with E-state index in [1.165, 1.54) is 25.7 Å². The lowest BCUT2D eigenvalue weighted by molar-refractivity contribution is -0.870. The summed E-state index contributed by atoms with van der Waals surface area (Å²) in [4.78, 5) is 21.4. The molecule has 9 heteroatoms. The lowest BCUT2D eigenvalue weighted by Gasteiger charge is -2.24. The van der Waals surface area contributed by atoms with Gasteiger partial charge in [0.25, 0.3) is 0 Å². The minimum Gasteiger partial charge on any atom is -0.463 e. The molecule has 0 heterocycles. The number of phosphoric acid groups is 1. The first kappa shape index (κ1) is 34.0. The third-order valence-electron chi connectivity index (χ3n) is 5.21. The van der Waals surface area contributed by atoms with Gasteiger partial charge in [-0.05, 0) is 38.5 Å². The van der Waals surface area contributed by atoms with Gasteiger partial charge in [0.05, 0.1) is 27.7 Å². The summed E-state index contributed by atoms with van der Waals surface area (Å²) in [6, 6.07) is 0. The Balaban J connectivity index is 3.64. The molecular weight excluding hydrogens is 469 g/mol. The molecule has 0 aliphatic rings. The average Bonchev–Trinajstić information content (AvgIpc) is 2.78. The molecule has 206 valence electrons. The van der Waals surface area contributed by atoms with Crippen LogP contribution < -0.4 is 0 Å². The monoisotopic (exact) mass is 520 g/mol. The number of nitrogens with zero attached hydrogens (tertiary/aromatic N) is 1. The van der Waals surface area contributed by atoms with Gasteiger partial charge in [0.1, 0.15) is 25.9 Å². The number of ether oxygens (including phenoxy) is 1. The smallest absolute Gasteiger partial charge is 0.463 e. The van der Waals surface area contributed by atoms with Gasteiger partial charge in [-0.25, -0.2) is 4.57 Å². The maximum absolute atomic E-state index is 11.8. The lowest BCUT2D eigenvalue weighted by atomic mass is 10.1. The SMILES string of the molecule is CCCCCC=CCC=CCCCCCCCC(=O)OCC(O)COP(=O)(O)OCC[N+](C)(C)C. The summed E-state index contributed by atoms with van der Waals surface area (Å²) in [5, 5.41) is 9.82. The molecule has 2 N–H and O–H groups in total. The van der Waals surface area contributed by atoms with Crippen LogP contribution in [0.25, 0.3) is 0 Å². The fraction of sp³-hybridized carbons (Fsp3) is 0.808. The standard InChI is InChI=1S/C26H50NO7P/c1-5-6-7-8-9-10-11-12-13-14-15-16-17-18-19-20-26(29)32-23-25(28)24-34-35(30,31)33-22-21-27(2,3)4/h9-10,12-13,25,28H,5-8,11,14-24H2,1-4H3/p+1. The van der Waals surface area contributed by atoms with Crippen molar-refractivity contribution in [3.63, 3.8) is 0 Å². The van der Waals surface area contributed by atoms with E-state index in [2.05, 4.69) is 31.2 Å². The summed E-state index contributed by atoms with van der Waals surface area (Å²) in [7, 11) is 1.55. The molecule has 0 bridgehead atoms. The Labute approximate surface area is 213 Å². The second kappa shape index (κ2) is 21.1. The van der Waals surface area contributed by atoms with E-state index < -0.39 is 20.5 Å². The van der Waals surface area contributed by atoms with Crippen LogP contribution in [0.5, 0.6) is 0 Å². The van der Waals surface area contributed by atoms with Crippen molar-refractivity contribution in [3.05, 3.63) is 24.3 Å². The second-order valence-electron chi connectivity index (χ2n) is 9.93. The maximum Gasteiger partial charge on any atom is 0.472 e. The summed E-state index contributed by atoms with van der Waals surface area (Å²) < 4.78 is 27.0. The zero-order valence-corrected chi connectivity index (χ0v) is 23.4. The van der Waals surface area contributed by atoms with E-state index in [4.69, 9.17) is 13.8 Å². The quantitative estimate of drug-likeness (QED) is 0.0599. The highest BCUT2D eigenvalue weighted by Gasteiger charge is 2.24. The summed E-state index contributed by atoms with van der Waals surface area (Å²) >= 11 is 0. The van der Waals surface area contributed by atoms with Gasteiger partial charge in [-0.15, -0.1) is 0 Å². The topological polar surface area (TPSA) is 102 Å². The van der Waals surface area contributed by atoms with Crippen molar-refractivity contribution >= 4 is 13.8 Å². The van der Waals surface area contributed by atoms with Gasteiger partial charge < -0.3 is 19.2 Å². The number of hydrogen-bond donors (Lipinski definition) is 2. The number of carbonyl (C=O) groups excluding carboxylic acids is 1. The molecule has 8 nitrogen and oxygen atoms in total. The van der Waals surface area contributed by atoms with Crippen LogP contribution in [0.3, 0.4) is 0 Å². The predicted octanol–water partition coefficient (Wildman–Crippen LogP) is 5.54. The van der Waals surface area contributed by atoms with E-state index in [0.717, 1.165) is 44.9 Å². The molecule has 0 saturated heterocycles. The highest BCUT2D eigenvalue weighted by molar-refractivity contribution is 7.47. The molecular formula is C26H51NO7P+. The fourth-order valence-corrected chi connectivity index (χ4v) is 3.79. The first-order valence-corrected chi connectivity index (χ1v) is 14.6. The van der Waals surface area contributed by atoms with E-state index in [9.17, 15) is 19.4 Å². The number of carbonyl (C=O) groups is 1. The first-order chi connectivity index (χ1) is 16.6. The Bertz CT molecular complexity index is 632. The molecule has 0 spiro atoms. The summed E-state index contributed by atoms with van der Waals surface area (Å²) in [6.07, 6.45) is 20.3. The van der Waals surface area contributed by atoms with Crippen LogP contribution in [0.4, 0.5) is 0 Å². The van der Waals surface area contributed by atoms with Crippen LogP contribution in [0.15, 0.2) is 24.3 Å². The number of phosphoric ester groups is 1. The molecule has 0 aliphatic heterocycles. The van der Waals surface area contributed by atoms with Crippen molar-refractivity contribution < 1.29 is 37.6 Å². The maximum atomic E-state index is 11.8. The highest BCUT2D eigenvalue weighted by atomic mass is 31.2. The molecule has 0 aliphatic carbocycles. The highest BCUT2D eigenvalue weighted by Crippen LogP contribution is 2.43. The van der Waals surface area contributed by atoms with Crippen LogP contribution in [-0.2, 0) is 23.1 Å². The van der Waals surface area contributed by atoms with Crippen LogP contribution in [0, 0.1) is 0 Å². The number of likely N-dealkylation sites (N-methyl/N-ethyl adjacent to an activating group) is 1. The molecule has 0 rings (SSSR count). The zero-order chi connectivity index (χ0) is 26.4. The van der Waals surface area contributed by atoms with E-state index in [1.807, 2.05) is 21.1 Å². The number of aliphatic hydroxyl groups excluding tert-OH is 1. The molecule has 35 heavy (non-hydrogen) atoms. The Morgan fingerprint density at radius 2 is 1.49 bits per heavy atom. The number of quaternary nitrogens is 1. The second-order valence-corrected chi connectivity index (χ2v) is 11.4. The molecule has 2 atom stereocenters. The normalized spacial score (nSPS) is 15.0. The van der Waals surface area contributed by atoms with Crippen molar-refractivity contribution in [3.8, 4) is 0 Å². The minimum atomic E-state index is -4.24. The van der Waals surface area contributed by atoms with Gasteiger partial charge in [-0.1, -0.05) is 63.3 Å². The van der Waals surface area contributed by atoms with Crippen molar-refractivity contribution in [1.29, 1.82) is 0 Å². The predicted molar refractivity (Wildman–Crippen MR) is 141 cm³/mol. The van der Waals surface area contributed by atoms with E-state index in [0.29, 0.717) is 17.4 Å². The van der Waals surface area contributed by atoms with Gasteiger partial charge in [-0.2, -0.15) is 0 Å². The number of hydrogen-bond acceptors (Lipinski definition) is 6. The number of rotatable bonds is 23. The lowest BCUT2D eigenvalue weighted by Crippen LogP contribution is -2.37. The minimum absolute atomic E-state index is 0.0515. The number of aliphatic hydroxyl groups is 1. The van der Waals surface area contributed by atoms with E-state index in [1.54, 1.807) is 0 Å². The van der Waals surface area contributed by atoms with E-state index >= 15 is 0 Å². The first-order valence-electron chi connectivity index (χ1n) is 13.1. The zero-order valence-electron chi connectivity index (χ0n) is 22.5.